The molecule has 2 heterocycles. The molecule has 1 atom stereocenters. The number of hydrogen-bond acceptors (Lipinski definition) is 4. The molecule has 1 aromatic rings. The minimum Gasteiger partial charge on any atom is -0.368 e. The first-order valence-corrected chi connectivity index (χ1v) is 8.49. The highest BCUT2D eigenvalue weighted by Crippen LogP contribution is 2.22. The van der Waals surface area contributed by atoms with Crippen LogP contribution in [0.25, 0.3) is 0 Å². The van der Waals surface area contributed by atoms with E-state index >= 15 is 0 Å². The molecule has 0 bridgehead atoms. The third-order valence-electron chi connectivity index (χ3n) is 5.07. The van der Waals surface area contributed by atoms with Gasteiger partial charge in [-0.2, -0.15) is 5.26 Å². The van der Waals surface area contributed by atoms with Gasteiger partial charge in [-0.05, 0) is 37.6 Å². The number of rotatable bonds is 4. The van der Waals surface area contributed by atoms with Crippen molar-refractivity contribution in [1.29, 1.82) is 5.26 Å². The van der Waals surface area contributed by atoms with Crippen molar-refractivity contribution < 1.29 is 0 Å². The number of hydrogen-bond donors (Lipinski definition) is 0. The maximum atomic E-state index is 9.25. The van der Waals surface area contributed by atoms with E-state index in [0.717, 1.165) is 43.3 Å². The summed E-state index contributed by atoms with van der Waals surface area (Å²) < 4.78 is 0. The van der Waals surface area contributed by atoms with E-state index in [1.54, 1.807) is 0 Å². The van der Waals surface area contributed by atoms with E-state index in [2.05, 4.69) is 33.8 Å². The standard InChI is InChI=1S/C18H26N4/c1-2-20-8-7-16(14-20)15-21-9-11-22(12-10-21)18-6-4-3-5-17(18)13-19/h3-6,16H,2,7-12,14-15H2,1H3. The van der Waals surface area contributed by atoms with Gasteiger partial charge in [0.2, 0.25) is 0 Å². The Labute approximate surface area is 133 Å². The van der Waals surface area contributed by atoms with Gasteiger partial charge in [-0.25, -0.2) is 0 Å². The number of piperazine rings is 1. The fraction of sp³-hybridized carbons (Fsp3) is 0.611. The van der Waals surface area contributed by atoms with Gasteiger partial charge in [-0.15, -0.1) is 0 Å². The molecule has 0 spiro atoms. The van der Waals surface area contributed by atoms with Crippen molar-refractivity contribution in [2.24, 2.45) is 5.92 Å². The summed E-state index contributed by atoms with van der Waals surface area (Å²) in [4.78, 5) is 7.53. The number of para-hydroxylation sites is 1. The van der Waals surface area contributed by atoms with Gasteiger partial charge < -0.3 is 9.80 Å². The van der Waals surface area contributed by atoms with E-state index in [9.17, 15) is 5.26 Å². The van der Waals surface area contributed by atoms with Crippen molar-refractivity contribution in [3.8, 4) is 6.07 Å². The lowest BCUT2D eigenvalue weighted by Gasteiger charge is -2.37. The predicted molar refractivity (Wildman–Crippen MR) is 90.0 cm³/mol. The molecule has 118 valence electrons. The van der Waals surface area contributed by atoms with E-state index in [1.807, 2.05) is 18.2 Å². The summed E-state index contributed by atoms with van der Waals surface area (Å²) >= 11 is 0. The van der Waals surface area contributed by atoms with Gasteiger partial charge in [0.25, 0.3) is 0 Å². The maximum absolute atomic E-state index is 9.25. The molecule has 3 rings (SSSR count). The summed E-state index contributed by atoms with van der Waals surface area (Å²) in [5.41, 5.74) is 1.90. The van der Waals surface area contributed by atoms with Crippen LogP contribution in [0.15, 0.2) is 24.3 Å². The lowest BCUT2D eigenvalue weighted by atomic mass is 10.1. The van der Waals surface area contributed by atoms with Crippen LogP contribution in [0.5, 0.6) is 0 Å². The number of nitriles is 1. The van der Waals surface area contributed by atoms with Crippen LogP contribution in [0.2, 0.25) is 0 Å². The van der Waals surface area contributed by atoms with Crippen molar-refractivity contribution in [2.75, 3.05) is 57.3 Å². The Bertz CT molecular complexity index is 528. The Morgan fingerprint density at radius 3 is 2.55 bits per heavy atom. The minimum absolute atomic E-state index is 0.797. The van der Waals surface area contributed by atoms with Crippen LogP contribution in [0.1, 0.15) is 18.9 Å². The Morgan fingerprint density at radius 2 is 1.86 bits per heavy atom. The zero-order valence-electron chi connectivity index (χ0n) is 13.5. The quantitative estimate of drug-likeness (QED) is 0.851. The van der Waals surface area contributed by atoms with Gasteiger partial charge in [0.1, 0.15) is 6.07 Å². The van der Waals surface area contributed by atoms with Crippen molar-refractivity contribution >= 4 is 5.69 Å². The largest absolute Gasteiger partial charge is 0.368 e. The Morgan fingerprint density at radius 1 is 1.09 bits per heavy atom. The normalized spacial score (nSPS) is 23.6. The van der Waals surface area contributed by atoms with Crippen LogP contribution in [0, 0.1) is 17.2 Å². The van der Waals surface area contributed by atoms with E-state index in [4.69, 9.17) is 0 Å². The molecule has 0 amide bonds. The monoisotopic (exact) mass is 298 g/mol. The molecule has 1 unspecified atom stereocenters. The van der Waals surface area contributed by atoms with Crippen LogP contribution in [-0.4, -0.2) is 62.2 Å². The average molecular weight is 298 g/mol. The van der Waals surface area contributed by atoms with E-state index in [-0.39, 0.29) is 0 Å². The Kier molecular flexibility index (Phi) is 4.97. The summed E-state index contributed by atoms with van der Waals surface area (Å²) in [5.74, 6) is 0.845. The summed E-state index contributed by atoms with van der Waals surface area (Å²) in [7, 11) is 0. The summed E-state index contributed by atoms with van der Waals surface area (Å²) in [6.07, 6.45) is 1.35. The number of likely N-dealkylation sites (tertiary alicyclic amines) is 1. The molecular weight excluding hydrogens is 272 g/mol. The second kappa shape index (κ2) is 7.13. The summed E-state index contributed by atoms with van der Waals surface area (Å²) in [5, 5.41) is 9.25. The van der Waals surface area contributed by atoms with Crippen LogP contribution >= 0.6 is 0 Å². The lowest BCUT2D eigenvalue weighted by molar-refractivity contribution is 0.216. The first-order chi connectivity index (χ1) is 10.8. The SMILES string of the molecule is CCN1CCC(CN2CCN(c3ccccc3C#N)CC2)C1. The highest BCUT2D eigenvalue weighted by atomic mass is 15.3. The second-order valence-electron chi connectivity index (χ2n) is 6.46. The zero-order valence-corrected chi connectivity index (χ0v) is 13.5. The fourth-order valence-corrected chi connectivity index (χ4v) is 3.73. The fourth-order valence-electron chi connectivity index (χ4n) is 3.73. The minimum atomic E-state index is 0.797. The molecule has 0 radical (unpaired) electrons. The zero-order chi connectivity index (χ0) is 15.4. The van der Waals surface area contributed by atoms with E-state index < -0.39 is 0 Å². The third kappa shape index (κ3) is 3.43. The number of anilines is 1. The molecule has 0 aliphatic carbocycles. The maximum Gasteiger partial charge on any atom is 0.101 e. The first-order valence-electron chi connectivity index (χ1n) is 8.49. The molecule has 0 saturated carbocycles. The van der Waals surface area contributed by atoms with Crippen molar-refractivity contribution in [3.05, 3.63) is 29.8 Å². The number of benzene rings is 1. The van der Waals surface area contributed by atoms with E-state index in [0.29, 0.717) is 0 Å². The molecule has 2 aliphatic rings. The first kappa shape index (κ1) is 15.3. The molecule has 4 nitrogen and oxygen atoms in total. The van der Waals surface area contributed by atoms with Crippen molar-refractivity contribution in [2.45, 2.75) is 13.3 Å². The van der Waals surface area contributed by atoms with Crippen LogP contribution in [-0.2, 0) is 0 Å². The van der Waals surface area contributed by atoms with Gasteiger partial charge in [0.15, 0.2) is 0 Å². The van der Waals surface area contributed by atoms with E-state index in [1.165, 1.54) is 32.6 Å². The molecule has 4 heteroatoms. The van der Waals surface area contributed by atoms with Crippen molar-refractivity contribution in [1.82, 2.24) is 9.80 Å². The Hall–Kier alpha value is -1.57. The smallest absolute Gasteiger partial charge is 0.101 e. The van der Waals surface area contributed by atoms with Gasteiger partial charge in [-0.1, -0.05) is 19.1 Å². The molecular formula is C18H26N4. The highest BCUT2D eigenvalue weighted by Gasteiger charge is 2.25. The molecule has 0 aromatic heterocycles. The predicted octanol–water partition coefficient (Wildman–Crippen LogP) is 2.02. The average Bonchev–Trinajstić information content (AvgIpc) is 3.03. The molecule has 2 fully saturated rings. The molecule has 1 aromatic carbocycles. The number of nitrogens with zero attached hydrogens (tertiary/aromatic N) is 4. The van der Waals surface area contributed by atoms with Gasteiger partial charge >= 0.3 is 0 Å². The third-order valence-corrected chi connectivity index (χ3v) is 5.07. The van der Waals surface area contributed by atoms with Gasteiger partial charge in [0.05, 0.1) is 11.3 Å². The second-order valence-corrected chi connectivity index (χ2v) is 6.46. The summed E-state index contributed by atoms with van der Waals surface area (Å²) in [6.45, 7) is 11.5. The molecule has 2 saturated heterocycles. The lowest BCUT2D eigenvalue weighted by Crippen LogP contribution is -2.48. The summed E-state index contributed by atoms with van der Waals surface area (Å²) in [6, 6.07) is 10.3. The molecule has 0 N–H and O–H groups in total. The van der Waals surface area contributed by atoms with Gasteiger partial charge in [-0.3, -0.25) is 4.90 Å². The molecule has 2 aliphatic heterocycles. The van der Waals surface area contributed by atoms with Crippen LogP contribution in [0.4, 0.5) is 5.69 Å². The van der Waals surface area contributed by atoms with Crippen LogP contribution in [0.3, 0.4) is 0 Å². The topological polar surface area (TPSA) is 33.5 Å². The van der Waals surface area contributed by atoms with Gasteiger partial charge in [0, 0.05) is 39.3 Å². The highest BCUT2D eigenvalue weighted by molar-refractivity contribution is 5.59. The van der Waals surface area contributed by atoms with Crippen LogP contribution < -0.4 is 4.90 Å². The molecule has 22 heavy (non-hydrogen) atoms. The Balaban J connectivity index is 1.51. The van der Waals surface area contributed by atoms with Crippen molar-refractivity contribution in [3.63, 3.8) is 0 Å².